The maximum atomic E-state index is 12.6. The summed E-state index contributed by atoms with van der Waals surface area (Å²) in [6.07, 6.45) is 0. The molecule has 2 aromatic heterocycles. The van der Waals surface area contributed by atoms with E-state index in [1.807, 2.05) is 37.3 Å². The number of aromatic nitrogens is 3. The van der Waals surface area contributed by atoms with Gasteiger partial charge in [-0.15, -0.1) is 11.8 Å². The van der Waals surface area contributed by atoms with Gasteiger partial charge in [0.25, 0.3) is 5.56 Å². The Morgan fingerprint density at radius 2 is 1.95 bits per heavy atom. The Bertz CT molecular complexity index is 881. The van der Waals surface area contributed by atoms with Gasteiger partial charge in [0, 0.05) is 16.3 Å². The number of thioether (sulfide) groups is 1. The van der Waals surface area contributed by atoms with Crippen molar-refractivity contribution in [1.29, 1.82) is 0 Å². The third-order valence-corrected chi connectivity index (χ3v) is 4.68. The smallest absolute Gasteiger partial charge is 0.286 e. The van der Waals surface area contributed by atoms with Crippen LogP contribution in [0.3, 0.4) is 0 Å². The van der Waals surface area contributed by atoms with E-state index in [0.717, 1.165) is 17.0 Å². The average molecular weight is 334 g/mol. The number of fused-ring (bicyclic) bond motifs is 1. The van der Waals surface area contributed by atoms with Gasteiger partial charge < -0.3 is 0 Å². The van der Waals surface area contributed by atoms with Crippen LogP contribution >= 0.6 is 23.4 Å². The van der Waals surface area contributed by atoms with Crippen molar-refractivity contribution >= 4 is 29.0 Å². The zero-order chi connectivity index (χ0) is 15.9. The quantitative estimate of drug-likeness (QED) is 0.732. The number of H-pyrrole nitrogens is 1. The molecule has 2 heterocycles. The Kier molecular flexibility index (Phi) is 4.02. The molecule has 0 radical (unpaired) electrons. The third kappa shape index (κ3) is 2.78. The molecule has 114 valence electrons. The summed E-state index contributed by atoms with van der Waals surface area (Å²) in [5.74, 6) is 0. The summed E-state index contributed by atoms with van der Waals surface area (Å²) < 4.78 is 1.50. The number of benzene rings is 1. The lowest BCUT2D eigenvalue weighted by Crippen LogP contribution is -2.19. The van der Waals surface area contributed by atoms with Crippen LogP contribution in [-0.4, -0.2) is 19.8 Å². The summed E-state index contributed by atoms with van der Waals surface area (Å²) in [4.78, 5) is 17.9. The maximum Gasteiger partial charge on any atom is 0.286 e. The number of hydrogen-bond donors (Lipinski definition) is 1. The SMILES string of the molecule is Cc1nc2cc(-c3ccc(Cl)cc3)[nH]n2c(=O)c1SC(C)C. The highest BCUT2D eigenvalue weighted by molar-refractivity contribution is 7.99. The van der Waals surface area contributed by atoms with E-state index in [4.69, 9.17) is 11.6 Å². The van der Waals surface area contributed by atoms with E-state index >= 15 is 0 Å². The van der Waals surface area contributed by atoms with Gasteiger partial charge in [-0.25, -0.2) is 9.50 Å². The number of nitrogens with one attached hydrogen (secondary N) is 1. The molecule has 0 aliphatic rings. The summed E-state index contributed by atoms with van der Waals surface area (Å²) in [7, 11) is 0. The standard InChI is InChI=1S/C16H16ClN3OS/c1-9(2)22-15-10(3)18-14-8-13(19-20(14)16(15)21)11-4-6-12(17)7-5-11/h4-9,19H,1-3H3. The van der Waals surface area contributed by atoms with Crippen LogP contribution in [0, 0.1) is 6.92 Å². The lowest BCUT2D eigenvalue weighted by molar-refractivity contribution is 0.851. The topological polar surface area (TPSA) is 50.2 Å². The molecule has 0 unspecified atom stereocenters. The Labute approximate surface area is 137 Å². The van der Waals surface area contributed by atoms with E-state index in [0.29, 0.717) is 20.8 Å². The fourth-order valence-corrected chi connectivity index (χ4v) is 3.27. The van der Waals surface area contributed by atoms with E-state index in [2.05, 4.69) is 23.9 Å². The predicted octanol–water partition coefficient (Wildman–Crippen LogP) is 4.15. The molecule has 0 bridgehead atoms. The monoisotopic (exact) mass is 333 g/mol. The number of nitrogens with zero attached hydrogens (tertiary/aromatic N) is 2. The number of halogens is 1. The molecule has 1 aromatic carbocycles. The summed E-state index contributed by atoms with van der Waals surface area (Å²) in [6.45, 7) is 6.00. The average Bonchev–Trinajstić information content (AvgIpc) is 2.88. The van der Waals surface area contributed by atoms with Crippen molar-refractivity contribution in [1.82, 2.24) is 14.6 Å². The van der Waals surface area contributed by atoms with Crippen molar-refractivity contribution in [3.05, 3.63) is 51.4 Å². The predicted molar refractivity (Wildman–Crippen MR) is 92.0 cm³/mol. The second-order valence-corrected chi connectivity index (χ2v) is 7.39. The highest BCUT2D eigenvalue weighted by Gasteiger charge is 2.14. The van der Waals surface area contributed by atoms with Crippen LogP contribution < -0.4 is 5.56 Å². The number of aryl methyl sites for hydroxylation is 1. The lowest BCUT2D eigenvalue weighted by Gasteiger charge is -2.07. The third-order valence-electron chi connectivity index (χ3n) is 3.25. The zero-order valence-corrected chi connectivity index (χ0v) is 14.1. The molecule has 0 saturated carbocycles. The van der Waals surface area contributed by atoms with Gasteiger partial charge in [-0.05, 0) is 24.6 Å². The minimum atomic E-state index is -0.0542. The molecule has 1 N–H and O–H groups in total. The Morgan fingerprint density at radius 1 is 1.27 bits per heavy atom. The fraction of sp³-hybridized carbons (Fsp3) is 0.250. The summed E-state index contributed by atoms with van der Waals surface area (Å²) >= 11 is 7.45. The van der Waals surface area contributed by atoms with E-state index in [-0.39, 0.29) is 5.56 Å². The van der Waals surface area contributed by atoms with Gasteiger partial charge in [0.05, 0.1) is 16.3 Å². The van der Waals surface area contributed by atoms with Crippen LogP contribution in [0.1, 0.15) is 19.5 Å². The van der Waals surface area contributed by atoms with Crippen LogP contribution in [0.15, 0.2) is 40.0 Å². The zero-order valence-electron chi connectivity index (χ0n) is 12.6. The first-order valence-electron chi connectivity index (χ1n) is 7.00. The molecule has 0 atom stereocenters. The van der Waals surface area contributed by atoms with E-state index in [1.165, 1.54) is 4.52 Å². The van der Waals surface area contributed by atoms with E-state index in [1.54, 1.807) is 11.8 Å². The van der Waals surface area contributed by atoms with Crippen molar-refractivity contribution in [2.75, 3.05) is 0 Å². The van der Waals surface area contributed by atoms with Crippen molar-refractivity contribution in [3.63, 3.8) is 0 Å². The number of hydrogen-bond acceptors (Lipinski definition) is 3. The molecule has 22 heavy (non-hydrogen) atoms. The molecule has 3 rings (SSSR count). The Morgan fingerprint density at radius 3 is 2.59 bits per heavy atom. The van der Waals surface area contributed by atoms with Gasteiger partial charge in [0.2, 0.25) is 0 Å². The van der Waals surface area contributed by atoms with Gasteiger partial charge in [-0.1, -0.05) is 37.6 Å². The first-order chi connectivity index (χ1) is 10.5. The first-order valence-corrected chi connectivity index (χ1v) is 8.26. The van der Waals surface area contributed by atoms with Gasteiger partial charge in [0.15, 0.2) is 5.65 Å². The van der Waals surface area contributed by atoms with E-state index in [9.17, 15) is 4.79 Å². The molecule has 0 aliphatic carbocycles. The molecule has 0 spiro atoms. The molecule has 0 amide bonds. The molecule has 0 fully saturated rings. The number of rotatable bonds is 3. The van der Waals surface area contributed by atoms with Crippen molar-refractivity contribution in [2.45, 2.75) is 30.9 Å². The summed E-state index contributed by atoms with van der Waals surface area (Å²) in [5, 5.41) is 4.14. The normalized spacial score (nSPS) is 11.5. The van der Waals surface area contributed by atoms with Crippen molar-refractivity contribution in [3.8, 4) is 11.3 Å². The van der Waals surface area contributed by atoms with Crippen LogP contribution in [-0.2, 0) is 0 Å². The highest BCUT2D eigenvalue weighted by Crippen LogP contribution is 2.24. The van der Waals surface area contributed by atoms with Crippen LogP contribution in [0.5, 0.6) is 0 Å². The molecular formula is C16H16ClN3OS. The molecule has 0 saturated heterocycles. The summed E-state index contributed by atoms with van der Waals surface area (Å²) in [5.41, 5.74) is 3.14. The Balaban J connectivity index is 2.16. The highest BCUT2D eigenvalue weighted by atomic mass is 35.5. The van der Waals surface area contributed by atoms with Crippen molar-refractivity contribution < 1.29 is 0 Å². The molecule has 0 aliphatic heterocycles. The second kappa shape index (κ2) is 5.82. The molecular weight excluding hydrogens is 318 g/mol. The fourth-order valence-electron chi connectivity index (χ4n) is 2.27. The van der Waals surface area contributed by atoms with Crippen LogP contribution in [0.25, 0.3) is 16.9 Å². The van der Waals surface area contributed by atoms with Gasteiger partial charge in [0.1, 0.15) is 0 Å². The van der Waals surface area contributed by atoms with Gasteiger partial charge in [-0.2, -0.15) is 0 Å². The summed E-state index contributed by atoms with van der Waals surface area (Å²) in [6, 6.07) is 9.35. The lowest BCUT2D eigenvalue weighted by atomic mass is 10.2. The van der Waals surface area contributed by atoms with Crippen LogP contribution in [0.4, 0.5) is 0 Å². The minimum Gasteiger partial charge on any atom is -0.289 e. The first kappa shape index (κ1) is 15.2. The Hall–Kier alpha value is -1.72. The maximum absolute atomic E-state index is 12.6. The largest absolute Gasteiger partial charge is 0.289 e. The van der Waals surface area contributed by atoms with Gasteiger partial charge >= 0.3 is 0 Å². The van der Waals surface area contributed by atoms with Crippen LogP contribution in [0.2, 0.25) is 5.02 Å². The van der Waals surface area contributed by atoms with Gasteiger partial charge in [-0.3, -0.25) is 9.89 Å². The number of aromatic amines is 1. The second-order valence-electron chi connectivity index (χ2n) is 5.37. The molecule has 4 nitrogen and oxygen atoms in total. The van der Waals surface area contributed by atoms with E-state index < -0.39 is 0 Å². The molecule has 3 aromatic rings. The van der Waals surface area contributed by atoms with Crippen molar-refractivity contribution in [2.24, 2.45) is 0 Å². The molecule has 6 heteroatoms. The minimum absolute atomic E-state index is 0.0542.